The number of hydrogen-bond acceptors (Lipinski definition) is 3. The largest absolute Gasteiger partial charge is 0.301 e. The van der Waals surface area contributed by atoms with Crippen LogP contribution in [-0.4, -0.2) is 50.3 Å². The molecule has 2 aromatic carbocycles. The fourth-order valence-corrected chi connectivity index (χ4v) is 4.90. The summed E-state index contributed by atoms with van der Waals surface area (Å²) in [6.07, 6.45) is 2.15. The molecule has 0 atom stereocenters. The Morgan fingerprint density at radius 3 is 2.35 bits per heavy atom. The van der Waals surface area contributed by atoms with E-state index >= 15 is 0 Å². The number of rotatable bonds is 6. The highest BCUT2D eigenvalue weighted by atomic mass is 35.5. The van der Waals surface area contributed by atoms with Crippen molar-refractivity contribution in [2.75, 3.05) is 32.7 Å². The summed E-state index contributed by atoms with van der Waals surface area (Å²) in [4.78, 5) is 2.68. The molecule has 26 heavy (non-hydrogen) atoms. The third-order valence-electron chi connectivity index (χ3n) is 4.88. The SMILES string of the molecule is Cc1cc(S(=O)(=O)N2CCN(CCCc3ccccc3)CC2)ccc1Cl. The highest BCUT2D eigenvalue weighted by molar-refractivity contribution is 7.89. The first-order chi connectivity index (χ1) is 12.5. The van der Waals surface area contributed by atoms with E-state index in [9.17, 15) is 8.42 Å². The van der Waals surface area contributed by atoms with Gasteiger partial charge in [0, 0.05) is 31.2 Å². The van der Waals surface area contributed by atoms with Gasteiger partial charge in [0.1, 0.15) is 0 Å². The lowest BCUT2D eigenvalue weighted by atomic mass is 10.1. The molecule has 1 aliphatic rings. The van der Waals surface area contributed by atoms with Crippen molar-refractivity contribution >= 4 is 21.6 Å². The van der Waals surface area contributed by atoms with Gasteiger partial charge in [-0.25, -0.2) is 8.42 Å². The first-order valence-electron chi connectivity index (χ1n) is 8.99. The van der Waals surface area contributed by atoms with Gasteiger partial charge in [0.25, 0.3) is 0 Å². The van der Waals surface area contributed by atoms with E-state index in [1.165, 1.54) is 5.56 Å². The lowest BCUT2D eigenvalue weighted by Gasteiger charge is -2.34. The van der Waals surface area contributed by atoms with E-state index in [-0.39, 0.29) is 0 Å². The standard InChI is InChI=1S/C20H25ClN2O2S/c1-17-16-19(9-10-20(17)21)26(24,25)23-14-12-22(13-15-23)11-5-8-18-6-3-2-4-7-18/h2-4,6-7,9-10,16H,5,8,11-15H2,1H3. The Kier molecular flexibility index (Phi) is 6.35. The summed E-state index contributed by atoms with van der Waals surface area (Å²) in [5.74, 6) is 0. The number of aryl methyl sites for hydroxylation is 2. The van der Waals surface area contributed by atoms with Gasteiger partial charge in [0.05, 0.1) is 4.90 Å². The second-order valence-electron chi connectivity index (χ2n) is 6.75. The van der Waals surface area contributed by atoms with Crippen LogP contribution in [0.3, 0.4) is 0 Å². The lowest BCUT2D eigenvalue weighted by molar-refractivity contribution is 0.187. The Hall–Kier alpha value is -1.40. The Morgan fingerprint density at radius 2 is 1.69 bits per heavy atom. The minimum Gasteiger partial charge on any atom is -0.301 e. The zero-order valence-electron chi connectivity index (χ0n) is 15.1. The monoisotopic (exact) mass is 392 g/mol. The molecule has 140 valence electrons. The molecule has 0 radical (unpaired) electrons. The maximum atomic E-state index is 12.8. The van der Waals surface area contributed by atoms with Crippen molar-refractivity contribution in [1.29, 1.82) is 0 Å². The molecule has 0 amide bonds. The van der Waals surface area contributed by atoms with E-state index in [0.717, 1.165) is 38.0 Å². The van der Waals surface area contributed by atoms with Crippen LogP contribution in [-0.2, 0) is 16.4 Å². The van der Waals surface area contributed by atoms with Gasteiger partial charge in [0.2, 0.25) is 10.0 Å². The second-order valence-corrected chi connectivity index (χ2v) is 9.09. The highest BCUT2D eigenvalue weighted by Gasteiger charge is 2.28. The molecule has 0 spiro atoms. The number of hydrogen-bond donors (Lipinski definition) is 0. The molecule has 1 saturated heterocycles. The van der Waals surface area contributed by atoms with Crippen LogP contribution in [0.1, 0.15) is 17.5 Å². The van der Waals surface area contributed by atoms with Crippen molar-refractivity contribution in [1.82, 2.24) is 9.21 Å². The van der Waals surface area contributed by atoms with Gasteiger partial charge in [-0.1, -0.05) is 41.9 Å². The molecular weight excluding hydrogens is 368 g/mol. The number of nitrogens with zero attached hydrogens (tertiary/aromatic N) is 2. The molecule has 3 rings (SSSR count). The van der Waals surface area contributed by atoms with Crippen molar-refractivity contribution in [3.8, 4) is 0 Å². The third-order valence-corrected chi connectivity index (χ3v) is 7.20. The molecule has 1 fully saturated rings. The minimum atomic E-state index is -3.44. The van der Waals surface area contributed by atoms with Crippen LogP contribution in [0.5, 0.6) is 0 Å². The van der Waals surface area contributed by atoms with Crippen LogP contribution in [0.25, 0.3) is 0 Å². The predicted molar refractivity (Wildman–Crippen MR) is 106 cm³/mol. The fraction of sp³-hybridized carbons (Fsp3) is 0.400. The van der Waals surface area contributed by atoms with Crippen molar-refractivity contribution in [2.45, 2.75) is 24.7 Å². The van der Waals surface area contributed by atoms with Gasteiger partial charge >= 0.3 is 0 Å². The molecule has 0 aromatic heterocycles. The Bertz CT molecular complexity index is 832. The minimum absolute atomic E-state index is 0.330. The summed E-state index contributed by atoms with van der Waals surface area (Å²) in [5.41, 5.74) is 2.14. The van der Waals surface area contributed by atoms with Crippen molar-refractivity contribution in [3.05, 3.63) is 64.7 Å². The van der Waals surface area contributed by atoms with Crippen molar-refractivity contribution in [3.63, 3.8) is 0 Å². The molecule has 0 saturated carbocycles. The quantitative estimate of drug-likeness (QED) is 0.754. The lowest BCUT2D eigenvalue weighted by Crippen LogP contribution is -2.48. The molecule has 0 N–H and O–H groups in total. The summed E-state index contributed by atoms with van der Waals surface area (Å²) >= 11 is 6.01. The van der Waals surface area contributed by atoms with E-state index < -0.39 is 10.0 Å². The number of benzene rings is 2. The van der Waals surface area contributed by atoms with Crippen LogP contribution < -0.4 is 0 Å². The Morgan fingerprint density at radius 1 is 1.00 bits per heavy atom. The number of sulfonamides is 1. The Balaban J connectivity index is 1.52. The van der Waals surface area contributed by atoms with Crippen LogP contribution >= 0.6 is 11.6 Å². The maximum Gasteiger partial charge on any atom is 0.243 e. The number of piperazine rings is 1. The average molecular weight is 393 g/mol. The second kappa shape index (κ2) is 8.53. The topological polar surface area (TPSA) is 40.6 Å². The van der Waals surface area contributed by atoms with Crippen molar-refractivity contribution in [2.24, 2.45) is 0 Å². The summed E-state index contributed by atoms with van der Waals surface area (Å²) < 4.78 is 27.2. The van der Waals surface area contributed by atoms with Crippen LogP contribution in [0.2, 0.25) is 5.02 Å². The Labute approximate surface area is 161 Å². The molecule has 4 nitrogen and oxygen atoms in total. The van der Waals surface area contributed by atoms with E-state index in [4.69, 9.17) is 11.6 Å². The van der Waals surface area contributed by atoms with Gasteiger partial charge in [0.15, 0.2) is 0 Å². The molecule has 0 aliphatic carbocycles. The van der Waals surface area contributed by atoms with Gasteiger partial charge in [-0.3, -0.25) is 0 Å². The van der Waals surface area contributed by atoms with Gasteiger partial charge in [-0.2, -0.15) is 4.31 Å². The molecule has 0 bridgehead atoms. The van der Waals surface area contributed by atoms with Crippen LogP contribution in [0.4, 0.5) is 0 Å². The zero-order valence-corrected chi connectivity index (χ0v) is 16.6. The highest BCUT2D eigenvalue weighted by Crippen LogP contribution is 2.23. The van der Waals surface area contributed by atoms with Crippen LogP contribution in [0.15, 0.2) is 53.4 Å². The van der Waals surface area contributed by atoms with Crippen molar-refractivity contribution < 1.29 is 8.42 Å². The van der Waals surface area contributed by atoms with Crippen LogP contribution in [0, 0.1) is 6.92 Å². The van der Waals surface area contributed by atoms with E-state index in [1.807, 2.05) is 13.0 Å². The summed E-state index contributed by atoms with van der Waals surface area (Å²) in [5, 5.41) is 0.590. The number of halogens is 1. The molecule has 2 aromatic rings. The smallest absolute Gasteiger partial charge is 0.243 e. The normalized spacial score (nSPS) is 16.7. The molecule has 0 unspecified atom stereocenters. The molecular formula is C20H25ClN2O2S. The van der Waals surface area contributed by atoms with Gasteiger partial charge in [-0.15, -0.1) is 0 Å². The first-order valence-corrected chi connectivity index (χ1v) is 10.8. The fourth-order valence-electron chi connectivity index (χ4n) is 3.27. The van der Waals surface area contributed by atoms with E-state index in [1.54, 1.807) is 22.5 Å². The summed E-state index contributed by atoms with van der Waals surface area (Å²) in [7, 11) is -3.44. The average Bonchev–Trinajstić information content (AvgIpc) is 2.65. The molecule has 1 aliphatic heterocycles. The first kappa shape index (κ1) is 19.4. The van der Waals surface area contributed by atoms with Gasteiger partial charge in [-0.05, 0) is 55.6 Å². The third kappa shape index (κ3) is 4.65. The molecule has 6 heteroatoms. The molecule has 1 heterocycles. The summed E-state index contributed by atoms with van der Waals surface area (Å²) in [6.45, 7) is 5.46. The summed E-state index contributed by atoms with van der Waals surface area (Å²) in [6, 6.07) is 15.4. The predicted octanol–water partition coefficient (Wildman–Crippen LogP) is 3.59. The maximum absolute atomic E-state index is 12.8. The van der Waals surface area contributed by atoms with E-state index in [2.05, 4.69) is 29.2 Å². The van der Waals surface area contributed by atoms with Gasteiger partial charge < -0.3 is 4.90 Å². The zero-order chi connectivity index (χ0) is 18.6. The van der Waals surface area contributed by atoms with E-state index in [0.29, 0.717) is 23.0 Å².